The number of halogens is 1. The second-order valence-corrected chi connectivity index (χ2v) is 10.9. The van der Waals surface area contributed by atoms with Gasteiger partial charge < -0.3 is 14.6 Å². The van der Waals surface area contributed by atoms with Crippen molar-refractivity contribution >= 4 is 39.9 Å². The molecule has 0 aromatic carbocycles. The quantitative estimate of drug-likeness (QED) is 0.381. The van der Waals surface area contributed by atoms with Gasteiger partial charge in [0, 0.05) is 25.6 Å². The fourth-order valence-corrected chi connectivity index (χ4v) is 5.60. The number of carbonyl (C=O) groups is 1. The maximum Gasteiger partial charge on any atom is 0.280 e. The van der Waals surface area contributed by atoms with E-state index in [2.05, 4.69) is 48.9 Å². The second kappa shape index (κ2) is 10.00. The Morgan fingerprint density at radius 2 is 2.14 bits per heavy atom. The number of pyridine rings is 1. The van der Waals surface area contributed by atoms with Crippen LogP contribution in [0.25, 0.3) is 22.6 Å². The third-order valence-electron chi connectivity index (χ3n) is 6.24. The van der Waals surface area contributed by atoms with Crippen molar-refractivity contribution in [3.8, 4) is 11.5 Å². The topological polar surface area (TPSA) is 124 Å². The van der Waals surface area contributed by atoms with Crippen LogP contribution in [0.5, 0.6) is 0 Å². The Hall–Kier alpha value is -2.89. The molecule has 2 N–H and O–H groups in total. The maximum atomic E-state index is 12.8. The summed E-state index contributed by atoms with van der Waals surface area (Å²) in [6.45, 7) is 4.37. The lowest BCUT2D eigenvalue weighted by atomic mass is 9.88. The molecule has 1 aliphatic rings. The van der Waals surface area contributed by atoms with Gasteiger partial charge in [0.1, 0.15) is 27.7 Å². The molecule has 35 heavy (non-hydrogen) atoms. The average molecular weight is 515 g/mol. The first kappa shape index (κ1) is 23.8. The number of carbonyl (C=O) groups excluding carboxylic acids is 1. The van der Waals surface area contributed by atoms with Crippen LogP contribution in [0.3, 0.4) is 0 Å². The molecule has 0 radical (unpaired) electrons. The fourth-order valence-electron chi connectivity index (χ4n) is 4.79. The summed E-state index contributed by atoms with van der Waals surface area (Å²) in [5.41, 5.74) is 2.53. The van der Waals surface area contributed by atoms with Crippen LogP contribution in [0.15, 0.2) is 24.8 Å². The molecule has 0 unspecified atom stereocenters. The highest BCUT2D eigenvalue weighted by Crippen LogP contribution is 2.35. The zero-order valence-corrected chi connectivity index (χ0v) is 21.3. The number of fused-ring (bicyclic) bond motifs is 1. The summed E-state index contributed by atoms with van der Waals surface area (Å²) in [7, 11) is 1.72. The molecule has 0 aliphatic heterocycles. The van der Waals surface area contributed by atoms with E-state index in [4.69, 9.17) is 21.3 Å². The number of aromatic amines is 1. The number of thiazole rings is 1. The minimum Gasteiger partial charge on any atom is -0.381 e. The molecule has 4 aromatic heterocycles. The normalized spacial score (nSPS) is 20.5. The van der Waals surface area contributed by atoms with Crippen molar-refractivity contribution in [3.05, 3.63) is 40.0 Å². The summed E-state index contributed by atoms with van der Waals surface area (Å²) in [5.74, 6) is 1.83. The van der Waals surface area contributed by atoms with E-state index in [9.17, 15) is 4.79 Å². The molecule has 0 bridgehead atoms. The van der Waals surface area contributed by atoms with Gasteiger partial charge in [-0.1, -0.05) is 36.8 Å². The van der Waals surface area contributed by atoms with Gasteiger partial charge in [-0.2, -0.15) is 5.10 Å². The van der Waals surface area contributed by atoms with Gasteiger partial charge in [0.2, 0.25) is 0 Å². The predicted octanol–water partition coefficient (Wildman–Crippen LogP) is 4.06. The van der Waals surface area contributed by atoms with Gasteiger partial charge in [0.05, 0.1) is 24.0 Å². The van der Waals surface area contributed by atoms with Crippen molar-refractivity contribution in [2.75, 3.05) is 7.11 Å². The summed E-state index contributed by atoms with van der Waals surface area (Å²) in [6.07, 6.45) is 7.89. The van der Waals surface area contributed by atoms with Crippen molar-refractivity contribution in [2.24, 2.45) is 5.92 Å². The molecule has 12 heteroatoms. The summed E-state index contributed by atoms with van der Waals surface area (Å²) in [6, 6.07) is 2.02. The molecule has 1 aliphatic carbocycles. The third-order valence-corrected chi connectivity index (χ3v) is 7.36. The molecule has 0 spiro atoms. The summed E-state index contributed by atoms with van der Waals surface area (Å²) >= 11 is 7.15. The van der Waals surface area contributed by atoms with Crippen molar-refractivity contribution in [1.29, 1.82) is 0 Å². The third kappa shape index (κ3) is 5.07. The van der Waals surface area contributed by atoms with E-state index >= 15 is 0 Å². The van der Waals surface area contributed by atoms with Crippen LogP contribution in [0.2, 0.25) is 4.34 Å². The molecular weight excluding hydrogens is 488 g/mol. The minimum atomic E-state index is -0.211. The summed E-state index contributed by atoms with van der Waals surface area (Å²) in [5, 5.41) is 10.3. The van der Waals surface area contributed by atoms with E-state index in [1.807, 2.05) is 6.07 Å². The van der Waals surface area contributed by atoms with Crippen LogP contribution in [0, 0.1) is 5.92 Å². The summed E-state index contributed by atoms with van der Waals surface area (Å²) in [4.78, 5) is 30.7. The molecule has 5 rings (SSSR count). The summed E-state index contributed by atoms with van der Waals surface area (Å²) < 4.78 is 8.60. The van der Waals surface area contributed by atoms with Gasteiger partial charge in [0.25, 0.3) is 5.91 Å². The van der Waals surface area contributed by atoms with Crippen LogP contribution >= 0.6 is 22.9 Å². The first-order valence-electron chi connectivity index (χ1n) is 11.6. The highest BCUT2D eigenvalue weighted by Gasteiger charge is 2.33. The largest absolute Gasteiger partial charge is 0.381 e. The molecule has 1 saturated carbocycles. The van der Waals surface area contributed by atoms with E-state index in [0.717, 1.165) is 42.5 Å². The van der Waals surface area contributed by atoms with Gasteiger partial charge in [-0.15, -0.1) is 0 Å². The molecule has 4 heterocycles. The second-order valence-electron chi connectivity index (χ2n) is 9.25. The number of nitrogens with zero attached hydrogens (tertiary/aromatic N) is 6. The predicted molar refractivity (Wildman–Crippen MR) is 134 cm³/mol. The zero-order valence-electron chi connectivity index (χ0n) is 19.7. The maximum absolute atomic E-state index is 12.8. The van der Waals surface area contributed by atoms with Crippen molar-refractivity contribution in [1.82, 2.24) is 40.0 Å². The number of nitrogens with one attached hydrogen (secondary N) is 2. The number of rotatable bonds is 7. The molecule has 0 saturated heterocycles. The minimum absolute atomic E-state index is 0.00105. The monoisotopic (exact) mass is 514 g/mol. The van der Waals surface area contributed by atoms with Crippen LogP contribution in [-0.4, -0.2) is 59.9 Å². The van der Waals surface area contributed by atoms with Gasteiger partial charge in [-0.05, 0) is 31.2 Å². The Morgan fingerprint density at radius 3 is 2.83 bits per heavy atom. The lowest BCUT2D eigenvalue weighted by Gasteiger charge is -2.36. The number of H-pyrrole nitrogens is 1. The van der Waals surface area contributed by atoms with Crippen molar-refractivity contribution < 1.29 is 9.53 Å². The average Bonchev–Trinajstić information content (AvgIpc) is 3.57. The van der Waals surface area contributed by atoms with E-state index in [1.165, 1.54) is 23.9 Å². The number of aromatic nitrogens is 7. The number of imidazole rings is 1. The van der Waals surface area contributed by atoms with E-state index in [-0.39, 0.29) is 24.1 Å². The Labute approximate surface area is 211 Å². The van der Waals surface area contributed by atoms with Crippen molar-refractivity contribution in [3.63, 3.8) is 0 Å². The fraction of sp³-hybridized carbons (Fsp3) is 0.478. The zero-order chi connectivity index (χ0) is 24.5. The molecule has 184 valence electrons. The van der Waals surface area contributed by atoms with Gasteiger partial charge in [-0.25, -0.2) is 15.0 Å². The number of hydrogen-bond acceptors (Lipinski definition) is 8. The Kier molecular flexibility index (Phi) is 6.81. The molecular formula is C23H27ClN8O2S. The Morgan fingerprint density at radius 1 is 1.29 bits per heavy atom. The lowest BCUT2D eigenvalue weighted by Crippen LogP contribution is -2.43. The van der Waals surface area contributed by atoms with Crippen LogP contribution in [-0.2, 0) is 11.2 Å². The smallest absolute Gasteiger partial charge is 0.280 e. The van der Waals surface area contributed by atoms with Gasteiger partial charge >= 0.3 is 0 Å². The van der Waals surface area contributed by atoms with E-state index in [0.29, 0.717) is 26.8 Å². The van der Waals surface area contributed by atoms with Crippen LogP contribution < -0.4 is 5.32 Å². The molecule has 1 amide bonds. The SMILES string of the molecule is CO[C@@H]1C[C@@H](NC(=O)c2ncc(Cl)s2)C[C@@H](n2c(CC(C)C)nc3cnc(-c4ncn[nH]4)cc32)C1. The van der Waals surface area contributed by atoms with Gasteiger partial charge in [-0.3, -0.25) is 14.9 Å². The lowest BCUT2D eigenvalue weighted by molar-refractivity contribution is 0.0390. The van der Waals surface area contributed by atoms with E-state index in [1.54, 1.807) is 13.3 Å². The van der Waals surface area contributed by atoms with Crippen LogP contribution in [0.4, 0.5) is 0 Å². The highest BCUT2D eigenvalue weighted by molar-refractivity contribution is 7.17. The van der Waals surface area contributed by atoms with Gasteiger partial charge in [0.15, 0.2) is 10.8 Å². The number of amides is 1. The highest BCUT2D eigenvalue weighted by atomic mass is 35.5. The Balaban J connectivity index is 1.50. The standard InChI is InChI=1S/C23H27ClN8O2S/c1-12(2)4-20-30-17-9-25-16(21-27-11-28-31-21)8-18(17)32(20)14-5-13(6-15(7-14)34-3)29-22(33)23-26-10-19(24)35-23/h8-15H,4-7H2,1-3H3,(H,29,33)(H,27,28,31)/t13-,14+,15+/m0/s1. The Bertz CT molecular complexity index is 1320. The molecule has 3 atom stereocenters. The van der Waals surface area contributed by atoms with Crippen LogP contribution in [0.1, 0.15) is 54.8 Å². The first-order valence-corrected chi connectivity index (χ1v) is 12.8. The number of methoxy groups -OCH3 is 1. The molecule has 10 nitrogen and oxygen atoms in total. The van der Waals surface area contributed by atoms with Crippen molar-refractivity contribution in [2.45, 2.75) is 57.7 Å². The van der Waals surface area contributed by atoms with E-state index < -0.39 is 0 Å². The molecule has 1 fully saturated rings. The molecule has 4 aromatic rings. The number of ether oxygens (including phenoxy) is 1. The number of hydrogen-bond donors (Lipinski definition) is 2. The first-order chi connectivity index (χ1) is 16.9.